The number of carbonyl (C=O) groups is 1. The molecule has 2 aromatic rings. The molecule has 0 fully saturated rings. The number of hydrogen-bond donors (Lipinski definition) is 2. The van der Waals surface area contributed by atoms with Crippen molar-refractivity contribution >= 4 is 37.6 Å². The summed E-state index contributed by atoms with van der Waals surface area (Å²) >= 11 is 3.09. The van der Waals surface area contributed by atoms with E-state index in [1.54, 1.807) is 19.2 Å². The average molecular weight is 371 g/mol. The SMILES string of the molecule is Cc1ccncc1NS(=O)(=O)c1ccc(C(=O)O)cc1Br. The lowest BCUT2D eigenvalue weighted by Crippen LogP contribution is -2.15. The van der Waals surface area contributed by atoms with Gasteiger partial charge in [0.15, 0.2) is 0 Å². The van der Waals surface area contributed by atoms with Crippen LogP contribution in [-0.4, -0.2) is 24.5 Å². The van der Waals surface area contributed by atoms with E-state index in [1.165, 1.54) is 24.4 Å². The standard InChI is InChI=1S/C13H11BrN2O4S/c1-8-4-5-15-7-11(8)16-21(19,20)12-3-2-9(13(17)18)6-10(12)14/h2-7,16H,1H3,(H,17,18). The summed E-state index contributed by atoms with van der Waals surface area (Å²) in [7, 11) is -3.84. The smallest absolute Gasteiger partial charge is 0.335 e. The van der Waals surface area contributed by atoms with Gasteiger partial charge in [0.25, 0.3) is 10.0 Å². The molecule has 0 aliphatic rings. The van der Waals surface area contributed by atoms with Crippen LogP contribution in [0.15, 0.2) is 46.0 Å². The number of benzene rings is 1. The van der Waals surface area contributed by atoms with Gasteiger partial charge in [-0.3, -0.25) is 9.71 Å². The predicted molar refractivity (Wildman–Crippen MR) is 80.9 cm³/mol. The minimum absolute atomic E-state index is 0.00150. The van der Waals surface area contributed by atoms with Gasteiger partial charge < -0.3 is 5.11 Å². The zero-order valence-electron chi connectivity index (χ0n) is 10.9. The van der Waals surface area contributed by atoms with Crippen molar-refractivity contribution in [2.75, 3.05) is 4.72 Å². The van der Waals surface area contributed by atoms with Crippen LogP contribution >= 0.6 is 15.9 Å². The number of aromatic nitrogens is 1. The number of sulfonamides is 1. The molecule has 0 aliphatic carbocycles. The molecule has 1 aromatic carbocycles. The summed E-state index contributed by atoms with van der Waals surface area (Å²) in [4.78, 5) is 14.7. The Bertz CT molecular complexity index is 806. The molecule has 0 bridgehead atoms. The molecule has 1 aromatic heterocycles. The molecular weight excluding hydrogens is 360 g/mol. The van der Waals surface area contributed by atoms with Crippen LogP contribution in [0.1, 0.15) is 15.9 Å². The second kappa shape index (κ2) is 5.82. The number of halogens is 1. The Hall–Kier alpha value is -1.93. The van der Waals surface area contributed by atoms with Crippen molar-refractivity contribution in [2.24, 2.45) is 0 Å². The lowest BCUT2D eigenvalue weighted by atomic mass is 10.2. The van der Waals surface area contributed by atoms with Gasteiger partial charge in [0.2, 0.25) is 0 Å². The number of hydrogen-bond acceptors (Lipinski definition) is 4. The Morgan fingerprint density at radius 3 is 2.62 bits per heavy atom. The number of rotatable bonds is 4. The first-order valence-corrected chi connectivity index (χ1v) is 8.05. The van der Waals surface area contributed by atoms with Crippen molar-refractivity contribution in [1.82, 2.24) is 4.98 Å². The third kappa shape index (κ3) is 3.40. The van der Waals surface area contributed by atoms with Crippen molar-refractivity contribution < 1.29 is 18.3 Å². The highest BCUT2D eigenvalue weighted by Crippen LogP contribution is 2.26. The second-order valence-electron chi connectivity index (χ2n) is 4.25. The van der Waals surface area contributed by atoms with Crippen LogP contribution in [0.2, 0.25) is 0 Å². The Kier molecular flexibility index (Phi) is 4.29. The highest BCUT2D eigenvalue weighted by atomic mass is 79.9. The maximum Gasteiger partial charge on any atom is 0.335 e. The maximum absolute atomic E-state index is 12.3. The van der Waals surface area contributed by atoms with E-state index in [0.29, 0.717) is 5.69 Å². The first-order chi connectivity index (χ1) is 9.81. The van der Waals surface area contributed by atoms with Crippen molar-refractivity contribution in [3.63, 3.8) is 0 Å². The lowest BCUT2D eigenvalue weighted by Gasteiger charge is -2.11. The Balaban J connectivity index is 2.41. The van der Waals surface area contributed by atoms with Crippen LogP contribution in [0.3, 0.4) is 0 Å². The summed E-state index contributed by atoms with van der Waals surface area (Å²) in [6, 6.07) is 5.40. The minimum atomic E-state index is -3.84. The van der Waals surface area contributed by atoms with E-state index in [4.69, 9.17) is 5.11 Å². The Morgan fingerprint density at radius 1 is 1.33 bits per heavy atom. The van der Waals surface area contributed by atoms with Gasteiger partial charge in [-0.15, -0.1) is 0 Å². The summed E-state index contributed by atoms with van der Waals surface area (Å²) in [5, 5.41) is 8.88. The Labute approximate surface area is 130 Å². The monoisotopic (exact) mass is 370 g/mol. The van der Waals surface area contributed by atoms with Crippen molar-refractivity contribution in [1.29, 1.82) is 0 Å². The first-order valence-electron chi connectivity index (χ1n) is 5.77. The molecular formula is C13H11BrN2O4S. The molecule has 0 aliphatic heterocycles. The number of aromatic carboxylic acids is 1. The predicted octanol–water partition coefficient (Wildman–Crippen LogP) is 2.65. The largest absolute Gasteiger partial charge is 0.478 e. The molecule has 0 atom stereocenters. The molecule has 1 heterocycles. The van der Waals surface area contributed by atoms with Gasteiger partial charge in [0, 0.05) is 10.7 Å². The molecule has 0 unspecified atom stereocenters. The van der Waals surface area contributed by atoms with Crippen LogP contribution in [0.4, 0.5) is 5.69 Å². The van der Waals surface area contributed by atoms with E-state index < -0.39 is 16.0 Å². The van der Waals surface area contributed by atoms with E-state index in [0.717, 1.165) is 5.56 Å². The summed E-state index contributed by atoms with van der Waals surface area (Å²) in [5.41, 5.74) is 1.09. The molecule has 8 heteroatoms. The van der Waals surface area contributed by atoms with E-state index in [-0.39, 0.29) is 14.9 Å². The van der Waals surface area contributed by atoms with Crippen LogP contribution in [-0.2, 0) is 10.0 Å². The van der Waals surface area contributed by atoms with Gasteiger partial charge in [-0.2, -0.15) is 0 Å². The number of pyridine rings is 1. The first kappa shape index (κ1) is 15.5. The molecule has 0 radical (unpaired) electrons. The summed E-state index contributed by atoms with van der Waals surface area (Å²) < 4.78 is 27.3. The zero-order valence-corrected chi connectivity index (χ0v) is 13.3. The number of aryl methyl sites for hydroxylation is 1. The number of nitrogens with zero attached hydrogens (tertiary/aromatic N) is 1. The van der Waals surface area contributed by atoms with Gasteiger partial charge in [-0.25, -0.2) is 13.2 Å². The summed E-state index contributed by atoms with van der Waals surface area (Å²) in [6.07, 6.45) is 2.97. The van der Waals surface area contributed by atoms with Crippen LogP contribution < -0.4 is 4.72 Å². The number of anilines is 1. The van der Waals surface area contributed by atoms with E-state index in [2.05, 4.69) is 25.6 Å². The maximum atomic E-state index is 12.3. The molecule has 21 heavy (non-hydrogen) atoms. The normalized spacial score (nSPS) is 11.1. The molecule has 0 saturated heterocycles. The third-order valence-corrected chi connectivity index (χ3v) is 5.09. The number of nitrogens with one attached hydrogen (secondary N) is 1. The van der Waals surface area contributed by atoms with Crippen molar-refractivity contribution in [3.05, 3.63) is 52.3 Å². The topological polar surface area (TPSA) is 96.4 Å². The molecule has 0 amide bonds. The molecule has 0 saturated carbocycles. The molecule has 0 spiro atoms. The second-order valence-corrected chi connectivity index (χ2v) is 6.75. The highest BCUT2D eigenvalue weighted by molar-refractivity contribution is 9.10. The van der Waals surface area contributed by atoms with E-state index in [9.17, 15) is 13.2 Å². The van der Waals surface area contributed by atoms with Crippen LogP contribution in [0, 0.1) is 6.92 Å². The van der Waals surface area contributed by atoms with Gasteiger partial charge >= 0.3 is 5.97 Å². The number of carboxylic acids is 1. The highest BCUT2D eigenvalue weighted by Gasteiger charge is 2.20. The van der Waals surface area contributed by atoms with E-state index in [1.807, 2.05) is 0 Å². The molecule has 110 valence electrons. The van der Waals surface area contributed by atoms with Crippen LogP contribution in [0.5, 0.6) is 0 Å². The quantitative estimate of drug-likeness (QED) is 0.862. The summed E-state index contributed by atoms with van der Waals surface area (Å²) in [5.74, 6) is -1.13. The fraction of sp³-hybridized carbons (Fsp3) is 0.0769. The number of carboxylic acid groups (broad SMARTS) is 1. The Morgan fingerprint density at radius 2 is 2.05 bits per heavy atom. The van der Waals surface area contributed by atoms with E-state index >= 15 is 0 Å². The average Bonchev–Trinajstić information content (AvgIpc) is 2.40. The minimum Gasteiger partial charge on any atom is -0.478 e. The van der Waals surface area contributed by atoms with Crippen molar-refractivity contribution in [2.45, 2.75) is 11.8 Å². The molecule has 2 N–H and O–H groups in total. The van der Waals surface area contributed by atoms with Gasteiger partial charge in [0.1, 0.15) is 4.90 Å². The zero-order chi connectivity index (χ0) is 15.6. The third-order valence-electron chi connectivity index (χ3n) is 2.75. The fourth-order valence-corrected chi connectivity index (χ4v) is 3.82. The summed E-state index contributed by atoms with van der Waals surface area (Å²) in [6.45, 7) is 1.75. The van der Waals surface area contributed by atoms with Gasteiger partial charge in [0.05, 0.1) is 17.4 Å². The lowest BCUT2D eigenvalue weighted by molar-refractivity contribution is 0.0696. The van der Waals surface area contributed by atoms with Gasteiger partial charge in [-0.1, -0.05) is 0 Å². The molecule has 6 nitrogen and oxygen atoms in total. The van der Waals surface area contributed by atoms with Crippen LogP contribution in [0.25, 0.3) is 0 Å². The molecule has 2 rings (SSSR count). The van der Waals surface area contributed by atoms with Crippen molar-refractivity contribution in [3.8, 4) is 0 Å². The fourth-order valence-electron chi connectivity index (χ4n) is 1.62. The van der Waals surface area contributed by atoms with Gasteiger partial charge in [-0.05, 0) is 52.7 Å².